The highest BCUT2D eigenvalue weighted by Gasteiger charge is 1.96. The zero-order valence-corrected chi connectivity index (χ0v) is 12.2. The first-order valence-corrected chi connectivity index (χ1v) is 7.15. The highest BCUT2D eigenvalue weighted by Crippen LogP contribution is 2.17. The summed E-state index contributed by atoms with van der Waals surface area (Å²) in [5.41, 5.74) is 0. The molecule has 2 nitrogen and oxygen atoms in total. The Bertz CT molecular complexity index is 328. The van der Waals surface area contributed by atoms with Crippen LogP contribution in [0.5, 0.6) is 5.75 Å². The smallest absolute Gasteiger partial charge is 0.120 e. The molecule has 3 heteroatoms. The molecule has 0 radical (unpaired) electrons. The zero-order valence-electron chi connectivity index (χ0n) is 11.4. The first-order valence-electron chi connectivity index (χ1n) is 6.77. The number of rotatable bonds is 9. The second-order valence-electron chi connectivity index (χ2n) is 4.96. The van der Waals surface area contributed by atoms with Gasteiger partial charge in [-0.05, 0) is 56.5 Å². The Hall–Kier alpha value is -0.730. The molecule has 0 heterocycles. The summed E-state index contributed by atoms with van der Waals surface area (Å²) in [4.78, 5) is 0. The van der Waals surface area contributed by atoms with Crippen LogP contribution in [-0.2, 0) is 0 Å². The van der Waals surface area contributed by atoms with Gasteiger partial charge in [0.25, 0.3) is 0 Å². The minimum Gasteiger partial charge on any atom is -0.494 e. The Morgan fingerprint density at radius 1 is 1.22 bits per heavy atom. The topological polar surface area (TPSA) is 21.3 Å². The fraction of sp³-hybridized carbons (Fsp3) is 0.600. The summed E-state index contributed by atoms with van der Waals surface area (Å²) in [6.07, 6.45) is 3.51. The summed E-state index contributed by atoms with van der Waals surface area (Å²) in [6, 6.07) is 7.56. The quantitative estimate of drug-likeness (QED) is 0.681. The van der Waals surface area contributed by atoms with Gasteiger partial charge in [0.05, 0.1) is 6.61 Å². The third kappa shape index (κ3) is 7.57. The average Bonchev–Trinajstić information content (AvgIpc) is 2.32. The third-order valence-corrected chi connectivity index (χ3v) is 2.85. The van der Waals surface area contributed by atoms with Gasteiger partial charge in [-0.15, -0.1) is 0 Å². The molecule has 0 aliphatic rings. The van der Waals surface area contributed by atoms with Gasteiger partial charge >= 0.3 is 0 Å². The molecule has 0 atom stereocenters. The number of benzene rings is 1. The minimum absolute atomic E-state index is 0.727. The Morgan fingerprint density at radius 2 is 2.06 bits per heavy atom. The van der Waals surface area contributed by atoms with Crippen molar-refractivity contribution in [2.45, 2.75) is 33.1 Å². The van der Waals surface area contributed by atoms with Crippen molar-refractivity contribution in [2.75, 3.05) is 19.7 Å². The number of unbranched alkanes of at least 4 members (excludes halogenated alkanes) is 2. The van der Waals surface area contributed by atoms with Crippen LogP contribution in [-0.4, -0.2) is 19.7 Å². The van der Waals surface area contributed by atoms with E-state index in [-0.39, 0.29) is 0 Å². The van der Waals surface area contributed by atoms with Crippen LogP contribution >= 0.6 is 11.6 Å². The molecular weight excluding hydrogens is 246 g/mol. The first kappa shape index (κ1) is 15.3. The van der Waals surface area contributed by atoms with Crippen molar-refractivity contribution in [1.29, 1.82) is 0 Å². The van der Waals surface area contributed by atoms with E-state index in [2.05, 4.69) is 19.2 Å². The Morgan fingerprint density at radius 3 is 2.78 bits per heavy atom. The maximum atomic E-state index is 5.88. The Labute approximate surface area is 116 Å². The molecule has 0 unspecified atom stereocenters. The van der Waals surface area contributed by atoms with Crippen LogP contribution in [0.1, 0.15) is 33.1 Å². The summed E-state index contributed by atoms with van der Waals surface area (Å²) in [5, 5.41) is 4.17. The van der Waals surface area contributed by atoms with Crippen molar-refractivity contribution in [3.8, 4) is 5.75 Å². The highest BCUT2D eigenvalue weighted by atomic mass is 35.5. The summed E-state index contributed by atoms with van der Waals surface area (Å²) in [6.45, 7) is 7.44. The molecule has 1 aromatic carbocycles. The highest BCUT2D eigenvalue weighted by molar-refractivity contribution is 6.30. The number of ether oxygens (including phenoxy) is 1. The average molecular weight is 270 g/mol. The van der Waals surface area contributed by atoms with Crippen molar-refractivity contribution >= 4 is 11.6 Å². The van der Waals surface area contributed by atoms with E-state index in [4.69, 9.17) is 16.3 Å². The molecule has 18 heavy (non-hydrogen) atoms. The second kappa shape index (κ2) is 9.23. The predicted octanol–water partition coefficient (Wildman–Crippen LogP) is 4.13. The predicted molar refractivity (Wildman–Crippen MR) is 78.5 cm³/mol. The molecule has 0 bridgehead atoms. The van der Waals surface area contributed by atoms with Crippen LogP contribution in [0, 0.1) is 5.92 Å². The van der Waals surface area contributed by atoms with E-state index in [0.29, 0.717) is 0 Å². The van der Waals surface area contributed by atoms with Crippen molar-refractivity contribution < 1.29 is 4.74 Å². The van der Waals surface area contributed by atoms with E-state index in [1.54, 1.807) is 0 Å². The van der Waals surface area contributed by atoms with Gasteiger partial charge in [0.1, 0.15) is 5.75 Å². The van der Waals surface area contributed by atoms with Gasteiger partial charge in [-0.25, -0.2) is 0 Å². The van der Waals surface area contributed by atoms with Crippen molar-refractivity contribution in [2.24, 2.45) is 5.92 Å². The second-order valence-corrected chi connectivity index (χ2v) is 5.40. The Balaban J connectivity index is 1.96. The number of nitrogens with one attached hydrogen (secondary N) is 1. The molecule has 0 aliphatic carbocycles. The van der Waals surface area contributed by atoms with Crippen molar-refractivity contribution in [3.63, 3.8) is 0 Å². The fourth-order valence-electron chi connectivity index (χ4n) is 1.67. The number of hydrogen-bond acceptors (Lipinski definition) is 2. The minimum atomic E-state index is 0.727. The molecule has 1 N–H and O–H groups in total. The van der Waals surface area contributed by atoms with Gasteiger partial charge in [0, 0.05) is 5.02 Å². The number of halogens is 1. The summed E-state index contributed by atoms with van der Waals surface area (Å²) in [7, 11) is 0. The molecule has 1 aromatic rings. The summed E-state index contributed by atoms with van der Waals surface area (Å²) < 4.78 is 5.63. The van der Waals surface area contributed by atoms with Crippen LogP contribution in [0.4, 0.5) is 0 Å². The van der Waals surface area contributed by atoms with Gasteiger partial charge in [0.15, 0.2) is 0 Å². The summed E-state index contributed by atoms with van der Waals surface area (Å²) >= 11 is 5.88. The van der Waals surface area contributed by atoms with Crippen LogP contribution in [0.15, 0.2) is 24.3 Å². The van der Waals surface area contributed by atoms with Gasteiger partial charge in [-0.3, -0.25) is 0 Å². The van der Waals surface area contributed by atoms with Crippen molar-refractivity contribution in [1.82, 2.24) is 5.32 Å². The van der Waals surface area contributed by atoms with E-state index in [9.17, 15) is 0 Å². The summed E-state index contributed by atoms with van der Waals surface area (Å²) in [5.74, 6) is 1.59. The molecule has 0 fully saturated rings. The van der Waals surface area contributed by atoms with Gasteiger partial charge in [-0.1, -0.05) is 31.5 Å². The molecule has 0 saturated carbocycles. The lowest BCUT2D eigenvalue weighted by Gasteiger charge is -2.08. The van der Waals surface area contributed by atoms with Crippen molar-refractivity contribution in [3.05, 3.63) is 29.3 Å². The van der Waals surface area contributed by atoms with Crippen LogP contribution in [0.3, 0.4) is 0 Å². The maximum Gasteiger partial charge on any atom is 0.120 e. The molecule has 0 saturated heterocycles. The maximum absolute atomic E-state index is 5.88. The largest absolute Gasteiger partial charge is 0.494 e. The van der Waals surface area contributed by atoms with E-state index in [1.165, 1.54) is 12.8 Å². The zero-order chi connectivity index (χ0) is 13.2. The lowest BCUT2D eigenvalue weighted by Crippen LogP contribution is -2.20. The lowest BCUT2D eigenvalue weighted by molar-refractivity contribution is 0.304. The molecule has 0 aliphatic heterocycles. The van der Waals surface area contributed by atoms with E-state index in [0.717, 1.165) is 42.8 Å². The molecule has 102 valence electrons. The normalized spacial score (nSPS) is 10.9. The number of hydrogen-bond donors (Lipinski definition) is 1. The van der Waals surface area contributed by atoms with E-state index < -0.39 is 0 Å². The standard InChI is InChI=1S/C15H24ClNO/c1-13(2)12-17-9-4-3-5-10-18-15-8-6-7-14(16)11-15/h6-8,11,13,17H,3-5,9-10,12H2,1-2H3. The molecular formula is C15H24ClNO. The van der Waals surface area contributed by atoms with Gasteiger partial charge < -0.3 is 10.1 Å². The monoisotopic (exact) mass is 269 g/mol. The third-order valence-electron chi connectivity index (χ3n) is 2.62. The van der Waals surface area contributed by atoms with Crippen LogP contribution in [0.2, 0.25) is 5.02 Å². The SMILES string of the molecule is CC(C)CNCCCCCOc1cccc(Cl)c1. The molecule has 1 rings (SSSR count). The fourth-order valence-corrected chi connectivity index (χ4v) is 1.85. The van der Waals surface area contributed by atoms with Crippen LogP contribution in [0.25, 0.3) is 0 Å². The molecule has 0 aromatic heterocycles. The Kier molecular flexibility index (Phi) is 7.86. The van der Waals surface area contributed by atoms with Crippen LogP contribution < -0.4 is 10.1 Å². The molecule has 0 amide bonds. The van der Waals surface area contributed by atoms with E-state index >= 15 is 0 Å². The van der Waals surface area contributed by atoms with Gasteiger partial charge in [0.2, 0.25) is 0 Å². The first-order chi connectivity index (χ1) is 8.68. The van der Waals surface area contributed by atoms with E-state index in [1.807, 2.05) is 24.3 Å². The van der Waals surface area contributed by atoms with Gasteiger partial charge in [-0.2, -0.15) is 0 Å². The lowest BCUT2D eigenvalue weighted by atomic mass is 10.2. The molecule has 0 spiro atoms.